The zero-order chi connectivity index (χ0) is 15.4. The van der Waals surface area contributed by atoms with Gasteiger partial charge in [0.05, 0.1) is 6.26 Å². The summed E-state index contributed by atoms with van der Waals surface area (Å²) in [6, 6.07) is 0. The van der Waals surface area contributed by atoms with Crippen LogP contribution in [0.2, 0.25) is 0 Å². The Balaban J connectivity index is 3.61. The van der Waals surface area contributed by atoms with E-state index in [1.54, 1.807) is 6.92 Å². The molecule has 0 heterocycles. The topological polar surface area (TPSA) is 92.5 Å². The molecule has 0 aliphatic heterocycles. The first-order valence-electron chi connectivity index (χ1n) is 7.33. The van der Waals surface area contributed by atoms with Gasteiger partial charge in [0.25, 0.3) is 0 Å². The minimum Gasteiger partial charge on any atom is -0.356 e. The molecule has 0 saturated carbocycles. The predicted molar refractivity (Wildman–Crippen MR) is 81.9 cm³/mol. The summed E-state index contributed by atoms with van der Waals surface area (Å²) in [6.45, 7) is 3.95. The Bertz CT molecular complexity index is 358. The normalized spacial score (nSPS) is 11.8. The summed E-state index contributed by atoms with van der Waals surface area (Å²) in [7, 11) is -3.13. The standard InChI is InChI=1S/C13H29N3O3S/c1-3-16(20(2,18)19)12-8-11-15-13(17)9-6-4-5-7-10-14/h3-12,14H2,1-2H3,(H,15,17). The molecule has 0 aromatic heterocycles. The van der Waals surface area contributed by atoms with E-state index in [-0.39, 0.29) is 5.91 Å². The third kappa shape index (κ3) is 10.2. The second kappa shape index (κ2) is 11.0. The zero-order valence-corrected chi connectivity index (χ0v) is 13.5. The number of hydrogen-bond donors (Lipinski definition) is 2. The Morgan fingerprint density at radius 3 is 2.35 bits per heavy atom. The van der Waals surface area contributed by atoms with Crippen molar-refractivity contribution in [1.29, 1.82) is 0 Å². The van der Waals surface area contributed by atoms with Crippen molar-refractivity contribution < 1.29 is 13.2 Å². The smallest absolute Gasteiger partial charge is 0.219 e. The Morgan fingerprint density at radius 2 is 1.80 bits per heavy atom. The fourth-order valence-electron chi connectivity index (χ4n) is 1.91. The summed E-state index contributed by atoms with van der Waals surface area (Å²) < 4.78 is 24.1. The van der Waals surface area contributed by atoms with Crippen LogP contribution in [0.4, 0.5) is 0 Å². The number of sulfonamides is 1. The zero-order valence-electron chi connectivity index (χ0n) is 12.7. The van der Waals surface area contributed by atoms with Crippen molar-refractivity contribution in [3.63, 3.8) is 0 Å². The lowest BCUT2D eigenvalue weighted by Gasteiger charge is -2.17. The first-order valence-corrected chi connectivity index (χ1v) is 9.18. The van der Waals surface area contributed by atoms with Crippen molar-refractivity contribution >= 4 is 15.9 Å². The van der Waals surface area contributed by atoms with Gasteiger partial charge in [0.2, 0.25) is 15.9 Å². The predicted octanol–water partition coefficient (Wildman–Crippen LogP) is 0.683. The number of amides is 1. The van der Waals surface area contributed by atoms with Gasteiger partial charge in [0, 0.05) is 26.1 Å². The summed E-state index contributed by atoms with van der Waals surface area (Å²) in [6.07, 6.45) is 6.38. The molecule has 0 spiro atoms. The van der Waals surface area contributed by atoms with Gasteiger partial charge in [-0.3, -0.25) is 4.79 Å². The quantitative estimate of drug-likeness (QED) is 0.519. The molecule has 0 aliphatic rings. The molecule has 6 nitrogen and oxygen atoms in total. The van der Waals surface area contributed by atoms with E-state index in [4.69, 9.17) is 5.73 Å². The monoisotopic (exact) mass is 307 g/mol. The van der Waals surface area contributed by atoms with Crippen LogP contribution < -0.4 is 11.1 Å². The molecule has 0 unspecified atom stereocenters. The second-order valence-corrected chi connectivity index (χ2v) is 6.89. The molecule has 7 heteroatoms. The fourth-order valence-corrected chi connectivity index (χ4v) is 2.84. The lowest BCUT2D eigenvalue weighted by atomic mass is 10.1. The van der Waals surface area contributed by atoms with E-state index < -0.39 is 10.0 Å². The number of nitrogens with two attached hydrogens (primary N) is 1. The average Bonchev–Trinajstić information content (AvgIpc) is 2.37. The van der Waals surface area contributed by atoms with Crippen LogP contribution in [-0.4, -0.2) is 51.1 Å². The molecule has 0 saturated heterocycles. The minimum atomic E-state index is -3.13. The Hall–Kier alpha value is -0.660. The molecule has 0 aromatic rings. The van der Waals surface area contributed by atoms with Crippen molar-refractivity contribution in [1.82, 2.24) is 9.62 Å². The maximum atomic E-state index is 11.5. The van der Waals surface area contributed by atoms with E-state index in [1.165, 1.54) is 10.6 Å². The second-order valence-electron chi connectivity index (χ2n) is 4.91. The third-order valence-electron chi connectivity index (χ3n) is 3.09. The Kier molecular flexibility index (Phi) is 10.7. The van der Waals surface area contributed by atoms with Crippen LogP contribution in [0.25, 0.3) is 0 Å². The van der Waals surface area contributed by atoms with E-state index in [1.807, 2.05) is 0 Å². The van der Waals surface area contributed by atoms with E-state index in [2.05, 4.69) is 5.32 Å². The number of carbonyl (C=O) groups is 1. The molecule has 20 heavy (non-hydrogen) atoms. The van der Waals surface area contributed by atoms with Gasteiger partial charge in [-0.25, -0.2) is 12.7 Å². The number of nitrogens with zero attached hydrogens (tertiary/aromatic N) is 1. The molecule has 3 N–H and O–H groups in total. The van der Waals surface area contributed by atoms with Crippen LogP contribution in [0.3, 0.4) is 0 Å². The molecule has 1 amide bonds. The van der Waals surface area contributed by atoms with Crippen LogP contribution in [0.15, 0.2) is 0 Å². The van der Waals surface area contributed by atoms with Crippen LogP contribution in [0.1, 0.15) is 45.4 Å². The van der Waals surface area contributed by atoms with Gasteiger partial charge in [-0.1, -0.05) is 19.8 Å². The lowest BCUT2D eigenvalue weighted by molar-refractivity contribution is -0.121. The van der Waals surface area contributed by atoms with E-state index >= 15 is 0 Å². The molecule has 0 bridgehead atoms. The molecular formula is C13H29N3O3S. The maximum Gasteiger partial charge on any atom is 0.219 e. The average molecular weight is 307 g/mol. The molecule has 0 aromatic carbocycles. The third-order valence-corrected chi connectivity index (χ3v) is 4.46. The molecule has 120 valence electrons. The Labute approximate surface area is 123 Å². The van der Waals surface area contributed by atoms with E-state index in [9.17, 15) is 13.2 Å². The fraction of sp³-hybridized carbons (Fsp3) is 0.923. The highest BCUT2D eigenvalue weighted by atomic mass is 32.2. The van der Waals surface area contributed by atoms with Crippen molar-refractivity contribution in [3.8, 4) is 0 Å². The van der Waals surface area contributed by atoms with Crippen molar-refractivity contribution in [2.24, 2.45) is 5.73 Å². The van der Waals surface area contributed by atoms with Gasteiger partial charge >= 0.3 is 0 Å². The summed E-state index contributed by atoms with van der Waals surface area (Å²) in [5.74, 6) is 0.0418. The number of unbranched alkanes of at least 4 members (excludes halogenated alkanes) is 3. The summed E-state index contributed by atoms with van der Waals surface area (Å²) in [5, 5.41) is 2.82. The van der Waals surface area contributed by atoms with Crippen LogP contribution in [0.5, 0.6) is 0 Å². The number of rotatable bonds is 12. The minimum absolute atomic E-state index is 0.0418. The summed E-state index contributed by atoms with van der Waals surface area (Å²) in [5.41, 5.74) is 5.39. The SMILES string of the molecule is CCN(CCCNC(=O)CCCCCCN)S(C)(=O)=O. The largest absolute Gasteiger partial charge is 0.356 e. The number of carbonyl (C=O) groups excluding carboxylic acids is 1. The first kappa shape index (κ1) is 19.3. The number of nitrogens with one attached hydrogen (secondary N) is 1. The van der Waals surface area contributed by atoms with Crippen molar-refractivity contribution in [2.45, 2.75) is 45.4 Å². The van der Waals surface area contributed by atoms with E-state index in [0.29, 0.717) is 39.0 Å². The highest BCUT2D eigenvalue weighted by Crippen LogP contribution is 2.02. The Morgan fingerprint density at radius 1 is 1.15 bits per heavy atom. The molecule has 0 aliphatic carbocycles. The molecule has 0 fully saturated rings. The van der Waals surface area contributed by atoms with Gasteiger partial charge in [-0.05, 0) is 25.8 Å². The van der Waals surface area contributed by atoms with Crippen molar-refractivity contribution in [3.05, 3.63) is 0 Å². The van der Waals surface area contributed by atoms with Crippen LogP contribution in [0, 0.1) is 0 Å². The molecule has 0 rings (SSSR count). The van der Waals surface area contributed by atoms with Crippen LogP contribution >= 0.6 is 0 Å². The van der Waals surface area contributed by atoms with Gasteiger partial charge < -0.3 is 11.1 Å². The van der Waals surface area contributed by atoms with Crippen molar-refractivity contribution in [2.75, 3.05) is 32.4 Å². The van der Waals surface area contributed by atoms with Crippen LogP contribution in [-0.2, 0) is 14.8 Å². The van der Waals surface area contributed by atoms with Gasteiger partial charge in [-0.2, -0.15) is 0 Å². The van der Waals surface area contributed by atoms with E-state index in [0.717, 1.165) is 25.7 Å². The molecule has 0 radical (unpaired) electrons. The number of hydrogen-bond acceptors (Lipinski definition) is 4. The van der Waals surface area contributed by atoms with Gasteiger partial charge in [0.15, 0.2) is 0 Å². The summed E-state index contributed by atoms with van der Waals surface area (Å²) in [4.78, 5) is 11.5. The maximum absolute atomic E-state index is 11.5. The highest BCUT2D eigenvalue weighted by molar-refractivity contribution is 7.88. The van der Waals surface area contributed by atoms with Gasteiger partial charge in [0.1, 0.15) is 0 Å². The highest BCUT2D eigenvalue weighted by Gasteiger charge is 2.13. The van der Waals surface area contributed by atoms with Gasteiger partial charge in [-0.15, -0.1) is 0 Å². The summed E-state index contributed by atoms with van der Waals surface area (Å²) >= 11 is 0. The lowest BCUT2D eigenvalue weighted by Crippen LogP contribution is -2.33. The first-order chi connectivity index (χ1) is 9.41. The molecular weight excluding hydrogens is 278 g/mol. The molecule has 0 atom stereocenters.